The highest BCUT2D eigenvalue weighted by Crippen LogP contribution is 2.21. The molecule has 2 aromatic rings. The van der Waals surface area contributed by atoms with Crippen LogP contribution in [0.15, 0.2) is 30.3 Å². The molecule has 0 radical (unpaired) electrons. The summed E-state index contributed by atoms with van der Waals surface area (Å²) in [4.78, 5) is 11.8. The normalized spacial score (nSPS) is 10.6. The number of ketones is 1. The van der Waals surface area contributed by atoms with E-state index in [9.17, 15) is 26.7 Å². The van der Waals surface area contributed by atoms with Crippen molar-refractivity contribution in [2.45, 2.75) is 0 Å². The van der Waals surface area contributed by atoms with Gasteiger partial charge in [0.25, 0.3) is 0 Å². The predicted molar refractivity (Wildman–Crippen MR) is 56.1 cm³/mol. The lowest BCUT2D eigenvalue weighted by molar-refractivity contribution is 0.102. The molecular weight excluding hydrogens is 267 g/mol. The standard InChI is InChI=1S/C13H5F5O/c14-6-1-2-9(16)8(3-6)13(19)12-10(17)4-7(15)5-11(12)18/h1-5H. The van der Waals surface area contributed by atoms with Crippen LogP contribution in [0.5, 0.6) is 0 Å². The summed E-state index contributed by atoms with van der Waals surface area (Å²) >= 11 is 0. The van der Waals surface area contributed by atoms with Gasteiger partial charge in [-0.1, -0.05) is 0 Å². The zero-order valence-electron chi connectivity index (χ0n) is 9.18. The van der Waals surface area contributed by atoms with Gasteiger partial charge in [-0.25, -0.2) is 22.0 Å². The van der Waals surface area contributed by atoms with Crippen molar-refractivity contribution in [1.29, 1.82) is 0 Å². The molecule has 0 N–H and O–H groups in total. The summed E-state index contributed by atoms with van der Waals surface area (Å²) in [7, 11) is 0. The van der Waals surface area contributed by atoms with Gasteiger partial charge in [-0.2, -0.15) is 0 Å². The molecule has 98 valence electrons. The quantitative estimate of drug-likeness (QED) is 0.603. The fourth-order valence-electron chi connectivity index (χ4n) is 1.57. The summed E-state index contributed by atoms with van der Waals surface area (Å²) in [6.07, 6.45) is 0. The Labute approximate surface area is 104 Å². The summed E-state index contributed by atoms with van der Waals surface area (Å²) in [5.74, 6) is -7.64. The third kappa shape index (κ3) is 2.47. The average Bonchev–Trinajstić information content (AvgIpc) is 2.30. The minimum atomic E-state index is -1.48. The molecule has 0 heterocycles. The maximum atomic E-state index is 13.4. The van der Waals surface area contributed by atoms with Crippen LogP contribution in [-0.4, -0.2) is 5.78 Å². The highest BCUT2D eigenvalue weighted by molar-refractivity contribution is 6.09. The molecule has 0 amide bonds. The van der Waals surface area contributed by atoms with Crippen LogP contribution in [0.25, 0.3) is 0 Å². The van der Waals surface area contributed by atoms with Gasteiger partial charge in [0.05, 0.1) is 11.1 Å². The Morgan fingerprint density at radius 3 is 1.89 bits per heavy atom. The zero-order valence-corrected chi connectivity index (χ0v) is 9.18. The van der Waals surface area contributed by atoms with Crippen LogP contribution in [0.3, 0.4) is 0 Å². The smallest absolute Gasteiger partial charge is 0.201 e. The van der Waals surface area contributed by atoms with Crippen molar-refractivity contribution >= 4 is 5.78 Å². The van der Waals surface area contributed by atoms with Gasteiger partial charge in [-0.05, 0) is 18.2 Å². The predicted octanol–water partition coefficient (Wildman–Crippen LogP) is 3.61. The molecule has 0 aliphatic carbocycles. The summed E-state index contributed by atoms with van der Waals surface area (Å²) in [6.45, 7) is 0. The highest BCUT2D eigenvalue weighted by Gasteiger charge is 2.23. The largest absolute Gasteiger partial charge is 0.288 e. The summed E-state index contributed by atoms with van der Waals surface area (Å²) < 4.78 is 65.7. The lowest BCUT2D eigenvalue weighted by Gasteiger charge is -2.06. The molecule has 0 fully saturated rings. The van der Waals surface area contributed by atoms with Gasteiger partial charge >= 0.3 is 0 Å². The van der Waals surface area contributed by atoms with Crippen LogP contribution in [0.2, 0.25) is 0 Å². The molecule has 0 atom stereocenters. The molecule has 6 heteroatoms. The minimum absolute atomic E-state index is 0.285. The van der Waals surface area contributed by atoms with Crippen LogP contribution in [0.4, 0.5) is 22.0 Å². The van der Waals surface area contributed by atoms with Gasteiger partial charge < -0.3 is 0 Å². The number of hydrogen-bond acceptors (Lipinski definition) is 1. The van der Waals surface area contributed by atoms with Crippen LogP contribution < -0.4 is 0 Å². The van der Waals surface area contributed by atoms with Crippen LogP contribution >= 0.6 is 0 Å². The number of carbonyl (C=O) groups is 1. The molecule has 2 aromatic carbocycles. The number of hydrogen-bond donors (Lipinski definition) is 0. The van der Waals surface area contributed by atoms with E-state index in [1.807, 2.05) is 0 Å². The Kier molecular flexibility index (Phi) is 3.33. The second kappa shape index (κ2) is 4.79. The van der Waals surface area contributed by atoms with E-state index in [0.717, 1.165) is 6.07 Å². The van der Waals surface area contributed by atoms with Crippen molar-refractivity contribution in [2.24, 2.45) is 0 Å². The maximum Gasteiger partial charge on any atom is 0.201 e. The Hall–Kier alpha value is -2.24. The first-order valence-corrected chi connectivity index (χ1v) is 5.04. The van der Waals surface area contributed by atoms with Crippen molar-refractivity contribution in [1.82, 2.24) is 0 Å². The van der Waals surface area contributed by atoms with Crippen molar-refractivity contribution < 1.29 is 26.7 Å². The van der Waals surface area contributed by atoms with E-state index in [2.05, 4.69) is 0 Å². The van der Waals surface area contributed by atoms with E-state index < -0.39 is 46.0 Å². The van der Waals surface area contributed by atoms with E-state index in [-0.39, 0.29) is 12.1 Å². The highest BCUT2D eigenvalue weighted by atomic mass is 19.2. The Morgan fingerprint density at radius 2 is 1.32 bits per heavy atom. The molecule has 0 unspecified atom stereocenters. The first kappa shape index (κ1) is 13.2. The van der Waals surface area contributed by atoms with E-state index >= 15 is 0 Å². The minimum Gasteiger partial charge on any atom is -0.288 e. The maximum absolute atomic E-state index is 13.4. The number of halogens is 5. The molecule has 0 aromatic heterocycles. The molecule has 0 aliphatic heterocycles. The van der Waals surface area contributed by atoms with Gasteiger partial charge in [0.15, 0.2) is 0 Å². The number of carbonyl (C=O) groups excluding carboxylic acids is 1. The second-order valence-electron chi connectivity index (χ2n) is 3.70. The van der Waals surface area contributed by atoms with E-state index in [4.69, 9.17) is 0 Å². The fraction of sp³-hybridized carbons (Fsp3) is 0. The SMILES string of the molecule is O=C(c1cc(F)ccc1F)c1c(F)cc(F)cc1F. The Morgan fingerprint density at radius 1 is 0.737 bits per heavy atom. The fourth-order valence-corrected chi connectivity index (χ4v) is 1.57. The van der Waals surface area contributed by atoms with Crippen molar-refractivity contribution in [2.75, 3.05) is 0 Å². The van der Waals surface area contributed by atoms with Crippen molar-refractivity contribution in [3.8, 4) is 0 Å². The summed E-state index contributed by atoms with van der Waals surface area (Å²) in [5.41, 5.74) is -1.96. The Balaban J connectivity index is 2.59. The first-order chi connectivity index (χ1) is 8.90. The van der Waals surface area contributed by atoms with E-state index in [0.29, 0.717) is 12.1 Å². The molecule has 0 aliphatic rings. The average molecular weight is 272 g/mol. The lowest BCUT2D eigenvalue weighted by atomic mass is 10.0. The van der Waals surface area contributed by atoms with Gasteiger partial charge in [0.1, 0.15) is 29.1 Å². The zero-order chi connectivity index (χ0) is 14.2. The molecule has 0 saturated carbocycles. The molecule has 0 bridgehead atoms. The van der Waals surface area contributed by atoms with Gasteiger partial charge in [-0.3, -0.25) is 4.79 Å². The summed E-state index contributed by atoms with van der Waals surface area (Å²) in [6, 6.07) is 2.49. The van der Waals surface area contributed by atoms with E-state index in [1.165, 1.54) is 0 Å². The Bertz CT molecular complexity index is 643. The molecule has 1 nitrogen and oxygen atoms in total. The number of rotatable bonds is 2. The summed E-state index contributed by atoms with van der Waals surface area (Å²) in [5, 5.41) is 0. The van der Waals surface area contributed by atoms with Crippen molar-refractivity contribution in [3.05, 3.63) is 70.5 Å². The third-order valence-electron chi connectivity index (χ3n) is 2.41. The van der Waals surface area contributed by atoms with E-state index in [1.54, 1.807) is 0 Å². The lowest BCUT2D eigenvalue weighted by Crippen LogP contribution is -2.10. The molecule has 19 heavy (non-hydrogen) atoms. The first-order valence-electron chi connectivity index (χ1n) is 5.04. The molecule has 2 rings (SSSR count). The van der Waals surface area contributed by atoms with Crippen LogP contribution in [0.1, 0.15) is 15.9 Å². The number of benzene rings is 2. The van der Waals surface area contributed by atoms with Gasteiger partial charge in [0.2, 0.25) is 5.78 Å². The third-order valence-corrected chi connectivity index (χ3v) is 2.41. The molecule has 0 spiro atoms. The van der Waals surface area contributed by atoms with Crippen LogP contribution in [-0.2, 0) is 0 Å². The molecule has 0 saturated heterocycles. The van der Waals surface area contributed by atoms with Gasteiger partial charge in [0, 0.05) is 12.1 Å². The second-order valence-corrected chi connectivity index (χ2v) is 3.70. The van der Waals surface area contributed by atoms with Crippen molar-refractivity contribution in [3.63, 3.8) is 0 Å². The molecular formula is C13H5F5O. The van der Waals surface area contributed by atoms with Crippen LogP contribution in [0, 0.1) is 29.1 Å². The van der Waals surface area contributed by atoms with Gasteiger partial charge in [-0.15, -0.1) is 0 Å². The monoisotopic (exact) mass is 272 g/mol. The topological polar surface area (TPSA) is 17.1 Å².